The normalized spacial score (nSPS) is 19.7. The van der Waals surface area contributed by atoms with Gasteiger partial charge in [0.15, 0.2) is 5.78 Å². The number of nitrogens with two attached hydrogens (primary N) is 1. The van der Waals surface area contributed by atoms with Crippen molar-refractivity contribution in [3.63, 3.8) is 0 Å². The molecule has 1 fully saturated rings. The zero-order valence-corrected chi connectivity index (χ0v) is 18.0. The second kappa shape index (κ2) is 10.5. The van der Waals surface area contributed by atoms with E-state index >= 15 is 0 Å². The summed E-state index contributed by atoms with van der Waals surface area (Å²) in [4.78, 5) is 37.4. The lowest BCUT2D eigenvalue weighted by atomic mass is 9.93. The number of carbonyl (C=O) groups is 3. The van der Waals surface area contributed by atoms with Gasteiger partial charge in [-0.1, -0.05) is 26.0 Å². The molecule has 0 aromatic heterocycles. The minimum absolute atomic E-state index is 0.142. The summed E-state index contributed by atoms with van der Waals surface area (Å²) in [5, 5.41) is 5.29. The maximum Gasteiger partial charge on any atom is 0.239 e. The van der Waals surface area contributed by atoms with E-state index in [1.54, 1.807) is 26.2 Å². The van der Waals surface area contributed by atoms with E-state index in [2.05, 4.69) is 16.1 Å². The van der Waals surface area contributed by atoms with Crippen LogP contribution < -0.4 is 26.6 Å². The molecule has 1 aliphatic rings. The van der Waals surface area contributed by atoms with Crippen molar-refractivity contribution in [1.82, 2.24) is 16.1 Å². The van der Waals surface area contributed by atoms with E-state index in [-0.39, 0.29) is 18.2 Å². The number of hydrogen-bond donors (Lipinski definition) is 4. The van der Waals surface area contributed by atoms with Crippen LogP contribution in [0.1, 0.15) is 32.8 Å². The van der Waals surface area contributed by atoms with Crippen molar-refractivity contribution in [3.05, 3.63) is 29.8 Å². The summed E-state index contributed by atoms with van der Waals surface area (Å²) in [5.41, 5.74) is 2.54. The third-order valence-corrected chi connectivity index (χ3v) is 5.00. The number of rotatable bonds is 12. The summed E-state index contributed by atoms with van der Waals surface area (Å²) in [7, 11) is 1.58. The van der Waals surface area contributed by atoms with Crippen LogP contribution in [0.2, 0.25) is 0 Å². The first-order chi connectivity index (χ1) is 14.2. The van der Waals surface area contributed by atoms with E-state index in [0.717, 1.165) is 5.56 Å². The molecule has 1 aliphatic heterocycles. The summed E-state index contributed by atoms with van der Waals surface area (Å²) < 4.78 is 10.3. The van der Waals surface area contributed by atoms with Crippen LogP contribution in [0.25, 0.3) is 0 Å². The Labute approximate surface area is 177 Å². The van der Waals surface area contributed by atoms with E-state index in [4.69, 9.17) is 15.3 Å². The second-order valence-corrected chi connectivity index (χ2v) is 8.12. The summed E-state index contributed by atoms with van der Waals surface area (Å²) in [6.07, 6.45) is 0.847. The highest BCUT2D eigenvalue weighted by Crippen LogP contribution is 2.29. The third kappa shape index (κ3) is 6.79. The summed E-state index contributed by atoms with van der Waals surface area (Å²) in [5.74, 6) is 5.46. The third-order valence-electron chi connectivity index (χ3n) is 5.00. The van der Waals surface area contributed by atoms with Crippen molar-refractivity contribution in [2.24, 2.45) is 11.8 Å². The Morgan fingerprint density at radius 2 is 1.83 bits per heavy atom. The van der Waals surface area contributed by atoms with Crippen LogP contribution in [-0.2, 0) is 25.5 Å². The predicted molar refractivity (Wildman–Crippen MR) is 112 cm³/mol. The lowest BCUT2D eigenvalue weighted by molar-refractivity contribution is -0.131. The Balaban J connectivity index is 1.87. The van der Waals surface area contributed by atoms with Gasteiger partial charge in [-0.2, -0.15) is 0 Å². The maximum atomic E-state index is 12.6. The molecule has 0 radical (unpaired) electrons. The largest absolute Gasteiger partial charge is 0.497 e. The van der Waals surface area contributed by atoms with Crippen LogP contribution in [0.3, 0.4) is 0 Å². The smallest absolute Gasteiger partial charge is 0.239 e. The fourth-order valence-corrected chi connectivity index (χ4v) is 3.08. The molecule has 9 heteroatoms. The van der Waals surface area contributed by atoms with E-state index < -0.39 is 29.5 Å². The molecule has 1 aromatic carbocycles. The highest BCUT2D eigenvalue weighted by molar-refractivity contribution is 5.97. The van der Waals surface area contributed by atoms with Gasteiger partial charge in [0.2, 0.25) is 11.8 Å². The molecule has 2 amide bonds. The molecule has 0 bridgehead atoms. The molecule has 1 saturated heterocycles. The number of epoxide rings is 1. The molecular formula is C21H32N4O5. The van der Waals surface area contributed by atoms with E-state index in [0.29, 0.717) is 25.2 Å². The fraction of sp³-hybridized carbons (Fsp3) is 0.571. The van der Waals surface area contributed by atoms with E-state index in [1.807, 2.05) is 26.0 Å². The SMILES string of the molecule is COc1ccc(C[C@H](NN)C(=O)NCC(=O)NC(CC(C)C)C(=O)[C@@]2(C)CO2)cc1. The zero-order chi connectivity index (χ0) is 22.3. The number of ketones is 1. The Morgan fingerprint density at radius 3 is 2.33 bits per heavy atom. The van der Waals surface area contributed by atoms with Crippen molar-refractivity contribution in [3.8, 4) is 5.75 Å². The van der Waals surface area contributed by atoms with Gasteiger partial charge in [-0.25, -0.2) is 5.43 Å². The number of hydrogen-bond acceptors (Lipinski definition) is 7. The molecule has 30 heavy (non-hydrogen) atoms. The van der Waals surface area contributed by atoms with Gasteiger partial charge in [0.05, 0.1) is 26.3 Å². The Kier molecular flexibility index (Phi) is 8.33. The molecule has 166 valence electrons. The van der Waals surface area contributed by atoms with Crippen LogP contribution in [0.15, 0.2) is 24.3 Å². The maximum absolute atomic E-state index is 12.6. The van der Waals surface area contributed by atoms with Gasteiger partial charge < -0.3 is 20.1 Å². The van der Waals surface area contributed by atoms with Gasteiger partial charge in [0.25, 0.3) is 0 Å². The number of amides is 2. The molecule has 5 N–H and O–H groups in total. The number of nitrogens with one attached hydrogen (secondary N) is 3. The van der Waals surface area contributed by atoms with Gasteiger partial charge in [0.1, 0.15) is 17.4 Å². The number of benzene rings is 1. The number of Topliss-reactive ketones (excluding diaryl/α,β-unsaturated/α-hetero) is 1. The number of hydrazine groups is 1. The van der Waals surface area contributed by atoms with Gasteiger partial charge >= 0.3 is 0 Å². The number of carbonyl (C=O) groups excluding carboxylic acids is 3. The van der Waals surface area contributed by atoms with Crippen molar-refractivity contribution in [2.75, 3.05) is 20.3 Å². The predicted octanol–water partition coefficient (Wildman–Crippen LogP) is 0.0747. The van der Waals surface area contributed by atoms with Crippen LogP contribution in [0.4, 0.5) is 0 Å². The zero-order valence-electron chi connectivity index (χ0n) is 18.0. The molecule has 1 aromatic rings. The molecule has 0 spiro atoms. The quantitative estimate of drug-likeness (QED) is 0.214. The van der Waals surface area contributed by atoms with E-state index in [1.165, 1.54) is 0 Å². The molecule has 0 aliphatic carbocycles. The van der Waals surface area contributed by atoms with Crippen molar-refractivity contribution in [2.45, 2.75) is 51.3 Å². The summed E-state index contributed by atoms with van der Waals surface area (Å²) in [6, 6.07) is 5.91. The highest BCUT2D eigenvalue weighted by atomic mass is 16.6. The monoisotopic (exact) mass is 420 g/mol. The van der Waals surface area contributed by atoms with Crippen molar-refractivity contribution < 1.29 is 23.9 Å². The number of ether oxygens (including phenoxy) is 2. The molecule has 1 heterocycles. The van der Waals surface area contributed by atoms with Crippen LogP contribution in [0, 0.1) is 5.92 Å². The lowest BCUT2D eigenvalue weighted by Gasteiger charge is -2.22. The topological polar surface area (TPSA) is 135 Å². The minimum Gasteiger partial charge on any atom is -0.497 e. The second-order valence-electron chi connectivity index (χ2n) is 8.12. The molecule has 9 nitrogen and oxygen atoms in total. The first kappa shape index (κ1) is 23.8. The van der Waals surface area contributed by atoms with Gasteiger partial charge in [-0.15, -0.1) is 0 Å². The fourth-order valence-electron chi connectivity index (χ4n) is 3.08. The van der Waals surface area contributed by atoms with E-state index in [9.17, 15) is 14.4 Å². The standard InChI is InChI=1S/C21H32N4O5/c1-13(2)9-16(19(27)21(3)12-30-21)24-18(26)11-23-20(28)17(25-22)10-14-5-7-15(29-4)8-6-14/h5-8,13,16-17,25H,9-12,22H2,1-4H3,(H,23,28)(H,24,26)/t16?,17-,21+/m0/s1. The summed E-state index contributed by atoms with van der Waals surface area (Å²) >= 11 is 0. The van der Waals surface area contributed by atoms with Crippen molar-refractivity contribution in [1.29, 1.82) is 0 Å². The van der Waals surface area contributed by atoms with Crippen LogP contribution in [0.5, 0.6) is 5.75 Å². The molecule has 0 saturated carbocycles. The Hall–Kier alpha value is -2.49. The molecule has 3 atom stereocenters. The lowest BCUT2D eigenvalue weighted by Crippen LogP contribution is -2.53. The highest BCUT2D eigenvalue weighted by Gasteiger charge is 2.50. The first-order valence-corrected chi connectivity index (χ1v) is 10.0. The van der Waals surface area contributed by atoms with Crippen LogP contribution in [-0.4, -0.2) is 55.5 Å². The van der Waals surface area contributed by atoms with Gasteiger partial charge in [-0.3, -0.25) is 20.2 Å². The Bertz CT molecular complexity index is 746. The van der Waals surface area contributed by atoms with Gasteiger partial charge in [0, 0.05) is 0 Å². The molecule has 1 unspecified atom stereocenters. The minimum atomic E-state index is -0.816. The first-order valence-electron chi connectivity index (χ1n) is 10.0. The number of methoxy groups -OCH3 is 1. The van der Waals surface area contributed by atoms with Gasteiger partial charge in [-0.05, 0) is 43.4 Å². The summed E-state index contributed by atoms with van der Waals surface area (Å²) in [6.45, 7) is 5.77. The average Bonchev–Trinajstić information content (AvgIpc) is 3.47. The molecular weight excluding hydrogens is 388 g/mol. The Morgan fingerprint density at radius 1 is 1.20 bits per heavy atom. The van der Waals surface area contributed by atoms with Crippen molar-refractivity contribution >= 4 is 17.6 Å². The molecule has 2 rings (SSSR count). The van der Waals surface area contributed by atoms with Crippen LogP contribution >= 0.6 is 0 Å². The average molecular weight is 421 g/mol.